The van der Waals surface area contributed by atoms with Gasteiger partial charge >= 0.3 is 0 Å². The lowest BCUT2D eigenvalue weighted by molar-refractivity contribution is -0.123. The third-order valence-corrected chi connectivity index (χ3v) is 4.15. The number of carbonyl (C=O) groups excluding carboxylic acids is 2. The van der Waals surface area contributed by atoms with Gasteiger partial charge in [0.2, 0.25) is 0 Å². The average molecular weight is 416 g/mol. The van der Waals surface area contributed by atoms with Crippen LogP contribution in [0.4, 0.5) is 0 Å². The van der Waals surface area contributed by atoms with Crippen LogP contribution in [0.1, 0.15) is 35.3 Å². The Bertz CT molecular complexity index is 899. The van der Waals surface area contributed by atoms with Gasteiger partial charge in [0.1, 0.15) is 11.5 Å². The van der Waals surface area contributed by atoms with Crippen LogP contribution in [-0.4, -0.2) is 29.6 Å². The topological polar surface area (TPSA) is 88.7 Å². The molecule has 0 heterocycles. The van der Waals surface area contributed by atoms with Gasteiger partial charge in [0, 0.05) is 0 Å². The smallest absolute Gasteiger partial charge is 0.276 e. The van der Waals surface area contributed by atoms with Crippen molar-refractivity contribution in [1.82, 2.24) is 16.2 Å². The van der Waals surface area contributed by atoms with Crippen LogP contribution in [0.5, 0.6) is 11.5 Å². The number of hydrogen-bond donors (Lipinski definition) is 3. The lowest BCUT2D eigenvalue weighted by atomic mass is 10.1. The van der Waals surface area contributed by atoms with Crippen molar-refractivity contribution in [3.63, 3.8) is 0 Å². The zero-order valence-electron chi connectivity index (χ0n) is 16.9. The number of benzene rings is 2. The van der Waals surface area contributed by atoms with Gasteiger partial charge in [-0.1, -0.05) is 24.3 Å². The Hall–Kier alpha value is -3.13. The molecule has 0 saturated heterocycles. The van der Waals surface area contributed by atoms with Crippen LogP contribution in [0.15, 0.2) is 42.5 Å². The van der Waals surface area contributed by atoms with E-state index in [1.807, 2.05) is 39.8 Å². The Morgan fingerprint density at radius 3 is 2.41 bits per heavy atom. The fraction of sp³-hybridized carbons (Fsp3) is 0.286. The Morgan fingerprint density at radius 1 is 1.00 bits per heavy atom. The highest BCUT2D eigenvalue weighted by atomic mass is 32.1. The molecule has 7 nitrogen and oxygen atoms in total. The Kier molecular flexibility index (Phi) is 7.97. The fourth-order valence-electron chi connectivity index (χ4n) is 2.40. The predicted molar refractivity (Wildman–Crippen MR) is 115 cm³/mol. The van der Waals surface area contributed by atoms with E-state index in [1.54, 1.807) is 30.3 Å². The maximum absolute atomic E-state index is 12.4. The normalized spacial score (nSPS) is 10.2. The molecule has 8 heteroatoms. The third kappa shape index (κ3) is 6.76. The average Bonchev–Trinajstić information content (AvgIpc) is 2.67. The van der Waals surface area contributed by atoms with Gasteiger partial charge in [-0.3, -0.25) is 25.8 Å². The molecule has 2 amide bonds. The van der Waals surface area contributed by atoms with Gasteiger partial charge in [0.15, 0.2) is 11.7 Å². The Balaban J connectivity index is 1.83. The van der Waals surface area contributed by atoms with Gasteiger partial charge in [0.05, 0.1) is 11.7 Å². The Morgan fingerprint density at radius 2 is 1.69 bits per heavy atom. The molecule has 0 spiro atoms. The molecule has 0 atom stereocenters. The van der Waals surface area contributed by atoms with Crippen molar-refractivity contribution in [2.45, 2.75) is 33.8 Å². The van der Waals surface area contributed by atoms with E-state index in [1.165, 1.54) is 0 Å². The third-order valence-electron chi connectivity index (χ3n) is 3.95. The number of rotatable bonds is 6. The van der Waals surface area contributed by atoms with Gasteiger partial charge < -0.3 is 9.47 Å². The molecular weight excluding hydrogens is 390 g/mol. The maximum atomic E-state index is 12.4. The summed E-state index contributed by atoms with van der Waals surface area (Å²) in [4.78, 5) is 24.4. The molecule has 0 bridgehead atoms. The van der Waals surface area contributed by atoms with Crippen molar-refractivity contribution >= 4 is 29.1 Å². The van der Waals surface area contributed by atoms with Crippen LogP contribution in [0.25, 0.3) is 0 Å². The summed E-state index contributed by atoms with van der Waals surface area (Å²) in [6.45, 7) is 7.44. The molecule has 0 aliphatic carbocycles. The second kappa shape index (κ2) is 10.4. The highest BCUT2D eigenvalue weighted by Gasteiger charge is 2.15. The van der Waals surface area contributed by atoms with Crippen molar-refractivity contribution in [2.75, 3.05) is 6.61 Å². The van der Waals surface area contributed by atoms with E-state index in [0.29, 0.717) is 17.1 Å². The number of aryl methyl sites for hydroxylation is 1. The standard InChI is InChI=1S/C21H25N3O4S/c1-13(2)28-18-10-6-5-9-16(18)20(26)22-21(29)24-23-19(25)12-27-17-11-7-8-14(3)15(17)4/h5-11,13H,12H2,1-4H3,(H,23,25)(H2,22,24,26,29). The first-order valence-electron chi connectivity index (χ1n) is 9.12. The molecular formula is C21H25N3O4S. The van der Waals surface area contributed by atoms with Crippen LogP contribution >= 0.6 is 12.2 Å². The molecule has 29 heavy (non-hydrogen) atoms. The molecule has 0 unspecified atom stereocenters. The monoisotopic (exact) mass is 415 g/mol. The highest BCUT2D eigenvalue weighted by molar-refractivity contribution is 7.80. The van der Waals surface area contributed by atoms with E-state index in [4.69, 9.17) is 21.7 Å². The van der Waals surface area contributed by atoms with Gasteiger partial charge in [-0.2, -0.15) is 0 Å². The van der Waals surface area contributed by atoms with E-state index in [0.717, 1.165) is 11.1 Å². The summed E-state index contributed by atoms with van der Waals surface area (Å²) in [5.41, 5.74) is 7.26. The van der Waals surface area contributed by atoms with E-state index in [-0.39, 0.29) is 17.8 Å². The predicted octanol–water partition coefficient (Wildman–Crippen LogP) is 2.81. The van der Waals surface area contributed by atoms with Crippen LogP contribution in [0, 0.1) is 13.8 Å². The maximum Gasteiger partial charge on any atom is 0.276 e. The number of hydrazine groups is 1. The first-order chi connectivity index (χ1) is 13.8. The Labute approximate surface area is 175 Å². The quantitative estimate of drug-likeness (QED) is 0.497. The van der Waals surface area contributed by atoms with Crippen LogP contribution in [0.3, 0.4) is 0 Å². The molecule has 0 aromatic heterocycles. The molecule has 0 fully saturated rings. The number of hydrogen-bond acceptors (Lipinski definition) is 5. The molecule has 0 aliphatic heterocycles. The van der Waals surface area contributed by atoms with Crippen molar-refractivity contribution in [2.24, 2.45) is 0 Å². The van der Waals surface area contributed by atoms with Crippen molar-refractivity contribution in [3.05, 3.63) is 59.2 Å². The molecule has 2 aromatic carbocycles. The lowest BCUT2D eigenvalue weighted by Crippen LogP contribution is -2.49. The summed E-state index contributed by atoms with van der Waals surface area (Å²) < 4.78 is 11.1. The lowest BCUT2D eigenvalue weighted by Gasteiger charge is -2.15. The number of nitrogens with one attached hydrogen (secondary N) is 3. The first-order valence-corrected chi connectivity index (χ1v) is 9.53. The molecule has 2 rings (SSSR count). The molecule has 0 radical (unpaired) electrons. The van der Waals surface area contributed by atoms with Gasteiger partial charge in [-0.05, 0) is 69.2 Å². The summed E-state index contributed by atoms with van der Waals surface area (Å²) in [5, 5.41) is 2.45. The number of carbonyl (C=O) groups is 2. The molecule has 0 saturated carbocycles. The molecule has 154 valence electrons. The molecule has 0 aliphatic rings. The van der Waals surface area contributed by atoms with E-state index >= 15 is 0 Å². The van der Waals surface area contributed by atoms with E-state index in [2.05, 4.69) is 16.2 Å². The molecule has 3 N–H and O–H groups in total. The zero-order valence-corrected chi connectivity index (χ0v) is 17.7. The van der Waals surface area contributed by atoms with Crippen LogP contribution in [-0.2, 0) is 4.79 Å². The van der Waals surface area contributed by atoms with Gasteiger partial charge in [0.25, 0.3) is 11.8 Å². The summed E-state index contributed by atoms with van der Waals surface area (Å²) in [6, 6.07) is 12.5. The van der Waals surface area contributed by atoms with Crippen molar-refractivity contribution < 1.29 is 19.1 Å². The van der Waals surface area contributed by atoms with Crippen molar-refractivity contribution in [3.8, 4) is 11.5 Å². The minimum atomic E-state index is -0.445. The van der Waals surface area contributed by atoms with E-state index < -0.39 is 11.8 Å². The van der Waals surface area contributed by atoms with E-state index in [9.17, 15) is 9.59 Å². The summed E-state index contributed by atoms with van der Waals surface area (Å²) in [6.07, 6.45) is -0.0784. The number of ether oxygens (including phenoxy) is 2. The van der Waals surface area contributed by atoms with Crippen LogP contribution < -0.4 is 25.6 Å². The number of amides is 2. The zero-order chi connectivity index (χ0) is 21.4. The van der Waals surface area contributed by atoms with Crippen molar-refractivity contribution in [1.29, 1.82) is 0 Å². The SMILES string of the molecule is Cc1cccc(OCC(=O)NNC(=S)NC(=O)c2ccccc2OC(C)C)c1C. The van der Waals surface area contributed by atoms with Gasteiger partial charge in [-0.15, -0.1) is 0 Å². The summed E-state index contributed by atoms with van der Waals surface area (Å²) in [7, 11) is 0. The number of thiocarbonyl (C=S) groups is 1. The number of para-hydroxylation sites is 1. The largest absolute Gasteiger partial charge is 0.490 e. The summed E-state index contributed by atoms with van der Waals surface area (Å²) in [5.74, 6) is 0.206. The second-order valence-corrected chi connectivity index (χ2v) is 7.01. The highest BCUT2D eigenvalue weighted by Crippen LogP contribution is 2.20. The fourth-order valence-corrected chi connectivity index (χ4v) is 2.54. The molecule has 2 aromatic rings. The minimum Gasteiger partial charge on any atom is -0.490 e. The minimum absolute atomic E-state index is 0.0468. The second-order valence-electron chi connectivity index (χ2n) is 6.61. The summed E-state index contributed by atoms with van der Waals surface area (Å²) >= 11 is 5.06. The van der Waals surface area contributed by atoms with Crippen LogP contribution in [0.2, 0.25) is 0 Å². The first kappa shape index (κ1) is 22.2. The van der Waals surface area contributed by atoms with Gasteiger partial charge in [-0.25, -0.2) is 0 Å².